The zero-order valence-corrected chi connectivity index (χ0v) is 17.9. The van der Waals surface area contributed by atoms with Crippen LogP contribution in [0.25, 0.3) is 10.9 Å². The number of nitrogens with zero attached hydrogens (tertiary/aromatic N) is 1. The SMILES string of the molecule is Cn1cc(OCC2CCNC2)c(=O)c2c(Nc3ccc(I)cc3F)cc(F)cc21. The predicted molar refractivity (Wildman–Crippen MR) is 118 cm³/mol. The van der Waals surface area contributed by atoms with E-state index in [1.165, 1.54) is 18.2 Å². The summed E-state index contributed by atoms with van der Waals surface area (Å²) in [6.07, 6.45) is 2.57. The predicted octanol–water partition coefficient (Wildman–Crippen LogP) is 4.15. The van der Waals surface area contributed by atoms with Gasteiger partial charge in [0.1, 0.15) is 11.6 Å². The molecule has 1 fully saturated rings. The third kappa shape index (κ3) is 4.23. The Morgan fingerprint density at radius 3 is 2.83 bits per heavy atom. The van der Waals surface area contributed by atoms with Crippen LogP contribution in [0, 0.1) is 21.1 Å². The molecule has 0 saturated carbocycles. The first-order chi connectivity index (χ1) is 13.9. The Morgan fingerprint density at radius 2 is 2.10 bits per heavy atom. The molecule has 1 unspecified atom stereocenters. The van der Waals surface area contributed by atoms with Crippen molar-refractivity contribution in [3.63, 3.8) is 0 Å². The van der Waals surface area contributed by atoms with Gasteiger partial charge in [-0.25, -0.2) is 8.78 Å². The standard InChI is InChI=1S/C21H20F2IN3O2/c1-27-10-19(29-11-12-4-5-25-9-12)21(28)20-17(6-13(22)7-18(20)27)26-16-3-2-14(24)8-15(16)23/h2-3,6-8,10,12,25-26H,4-5,9,11H2,1H3. The van der Waals surface area contributed by atoms with Crippen LogP contribution < -0.4 is 20.8 Å². The molecule has 2 aromatic carbocycles. The van der Waals surface area contributed by atoms with Gasteiger partial charge in [-0.3, -0.25) is 4.79 Å². The molecule has 8 heteroatoms. The van der Waals surface area contributed by atoms with Crippen molar-refractivity contribution in [1.82, 2.24) is 9.88 Å². The highest BCUT2D eigenvalue weighted by Gasteiger charge is 2.19. The number of benzene rings is 2. The Labute approximate surface area is 180 Å². The Hall–Kier alpha value is -2.20. The fourth-order valence-electron chi connectivity index (χ4n) is 3.54. The summed E-state index contributed by atoms with van der Waals surface area (Å²) in [5.74, 6) is -0.453. The minimum absolute atomic E-state index is 0.169. The Morgan fingerprint density at radius 1 is 1.28 bits per heavy atom. The number of anilines is 2. The minimum Gasteiger partial charge on any atom is -0.488 e. The van der Waals surface area contributed by atoms with Crippen molar-refractivity contribution >= 4 is 44.9 Å². The van der Waals surface area contributed by atoms with Crippen LogP contribution in [0.2, 0.25) is 0 Å². The average Bonchev–Trinajstić information content (AvgIpc) is 3.19. The minimum atomic E-state index is -0.522. The molecule has 4 rings (SSSR count). The van der Waals surface area contributed by atoms with Crippen LogP contribution in [0.15, 0.2) is 41.3 Å². The van der Waals surface area contributed by atoms with Crippen molar-refractivity contribution in [2.75, 3.05) is 25.0 Å². The number of aromatic nitrogens is 1. The maximum Gasteiger partial charge on any atom is 0.233 e. The van der Waals surface area contributed by atoms with E-state index in [1.54, 1.807) is 29.9 Å². The fourth-order valence-corrected chi connectivity index (χ4v) is 3.99. The monoisotopic (exact) mass is 511 g/mol. The maximum atomic E-state index is 14.3. The van der Waals surface area contributed by atoms with Gasteiger partial charge < -0.3 is 19.9 Å². The van der Waals surface area contributed by atoms with E-state index in [9.17, 15) is 13.6 Å². The molecule has 1 aromatic heterocycles. The summed E-state index contributed by atoms with van der Waals surface area (Å²) in [5.41, 5.74) is 0.423. The number of nitrogens with one attached hydrogen (secondary N) is 2. The van der Waals surface area contributed by atoms with E-state index < -0.39 is 11.6 Å². The van der Waals surface area contributed by atoms with E-state index in [-0.39, 0.29) is 27.9 Å². The van der Waals surface area contributed by atoms with Crippen molar-refractivity contribution in [1.29, 1.82) is 0 Å². The average molecular weight is 511 g/mol. The van der Waals surface area contributed by atoms with Crippen molar-refractivity contribution < 1.29 is 13.5 Å². The summed E-state index contributed by atoms with van der Waals surface area (Å²) in [6, 6.07) is 7.15. The van der Waals surface area contributed by atoms with Gasteiger partial charge >= 0.3 is 0 Å². The molecule has 1 aliphatic rings. The topological polar surface area (TPSA) is 55.3 Å². The second-order valence-corrected chi connectivity index (χ2v) is 8.45. The van der Waals surface area contributed by atoms with Crippen molar-refractivity contribution in [3.05, 3.63) is 62.0 Å². The highest BCUT2D eigenvalue weighted by atomic mass is 127. The van der Waals surface area contributed by atoms with E-state index >= 15 is 0 Å². The molecule has 2 heterocycles. The number of fused-ring (bicyclic) bond motifs is 1. The van der Waals surface area contributed by atoms with Gasteiger partial charge in [-0.2, -0.15) is 0 Å². The third-order valence-corrected chi connectivity index (χ3v) is 5.73. The number of rotatable bonds is 5. The van der Waals surface area contributed by atoms with Gasteiger partial charge in [0.25, 0.3) is 0 Å². The third-order valence-electron chi connectivity index (χ3n) is 5.06. The molecule has 1 saturated heterocycles. The smallest absolute Gasteiger partial charge is 0.233 e. The molecule has 1 atom stereocenters. The molecule has 0 bridgehead atoms. The molecule has 5 nitrogen and oxygen atoms in total. The van der Waals surface area contributed by atoms with E-state index in [0.29, 0.717) is 18.0 Å². The molecule has 2 N–H and O–H groups in total. The van der Waals surface area contributed by atoms with Crippen molar-refractivity contribution in [2.45, 2.75) is 6.42 Å². The molecular weight excluding hydrogens is 491 g/mol. The van der Waals surface area contributed by atoms with Gasteiger partial charge in [0.15, 0.2) is 5.75 Å². The first-order valence-corrected chi connectivity index (χ1v) is 10.4. The van der Waals surface area contributed by atoms with Gasteiger partial charge in [-0.05, 0) is 65.9 Å². The molecule has 0 aliphatic carbocycles. The molecular formula is C21H20F2IN3O2. The highest BCUT2D eigenvalue weighted by Crippen LogP contribution is 2.29. The Bertz CT molecular complexity index is 1130. The van der Waals surface area contributed by atoms with Crippen LogP contribution >= 0.6 is 22.6 Å². The van der Waals surface area contributed by atoms with E-state index in [1.807, 2.05) is 22.6 Å². The lowest BCUT2D eigenvalue weighted by Gasteiger charge is -2.16. The lowest BCUT2D eigenvalue weighted by atomic mass is 10.1. The number of ether oxygens (including phenoxy) is 1. The summed E-state index contributed by atoms with van der Waals surface area (Å²) < 4.78 is 36.8. The summed E-state index contributed by atoms with van der Waals surface area (Å²) in [7, 11) is 1.72. The van der Waals surface area contributed by atoms with Gasteiger partial charge in [0.2, 0.25) is 5.43 Å². The zero-order valence-electron chi connectivity index (χ0n) is 15.8. The largest absolute Gasteiger partial charge is 0.488 e. The summed E-state index contributed by atoms with van der Waals surface area (Å²) in [6.45, 7) is 2.24. The Kier molecular flexibility index (Phi) is 5.73. The number of pyridine rings is 1. The normalized spacial score (nSPS) is 16.3. The lowest BCUT2D eigenvalue weighted by molar-refractivity contribution is 0.257. The van der Waals surface area contributed by atoms with E-state index in [0.717, 1.165) is 23.1 Å². The summed E-state index contributed by atoms with van der Waals surface area (Å²) in [5, 5.41) is 6.40. The van der Waals surface area contributed by atoms with Crippen LogP contribution in [0.1, 0.15) is 6.42 Å². The van der Waals surface area contributed by atoms with Gasteiger partial charge in [-0.1, -0.05) is 0 Å². The molecule has 0 radical (unpaired) electrons. The number of aryl methyl sites for hydroxylation is 1. The quantitative estimate of drug-likeness (QED) is 0.506. The Balaban J connectivity index is 1.77. The summed E-state index contributed by atoms with van der Waals surface area (Å²) in [4.78, 5) is 13.1. The van der Waals surface area contributed by atoms with Crippen LogP contribution in [0.3, 0.4) is 0 Å². The maximum absolute atomic E-state index is 14.3. The fraction of sp³-hybridized carbons (Fsp3) is 0.286. The van der Waals surface area contributed by atoms with Crippen LogP contribution in [-0.2, 0) is 7.05 Å². The van der Waals surface area contributed by atoms with Crippen LogP contribution in [0.5, 0.6) is 5.75 Å². The number of hydrogen-bond donors (Lipinski definition) is 2. The zero-order chi connectivity index (χ0) is 20.5. The van der Waals surface area contributed by atoms with Crippen molar-refractivity contribution in [3.8, 4) is 5.75 Å². The lowest BCUT2D eigenvalue weighted by Crippen LogP contribution is -2.20. The molecule has 29 heavy (non-hydrogen) atoms. The molecule has 0 spiro atoms. The van der Waals surface area contributed by atoms with Crippen molar-refractivity contribution in [2.24, 2.45) is 13.0 Å². The van der Waals surface area contributed by atoms with Gasteiger partial charge in [-0.15, -0.1) is 0 Å². The second-order valence-electron chi connectivity index (χ2n) is 7.20. The summed E-state index contributed by atoms with van der Waals surface area (Å²) >= 11 is 2.01. The van der Waals surface area contributed by atoms with Crippen LogP contribution in [-0.4, -0.2) is 24.3 Å². The van der Waals surface area contributed by atoms with Gasteiger partial charge in [0, 0.05) is 23.1 Å². The highest BCUT2D eigenvalue weighted by molar-refractivity contribution is 14.1. The first-order valence-electron chi connectivity index (χ1n) is 9.31. The number of hydrogen-bond acceptors (Lipinski definition) is 4. The van der Waals surface area contributed by atoms with E-state index in [4.69, 9.17) is 4.74 Å². The molecule has 152 valence electrons. The van der Waals surface area contributed by atoms with Crippen LogP contribution in [0.4, 0.5) is 20.2 Å². The molecule has 0 amide bonds. The number of halogens is 3. The van der Waals surface area contributed by atoms with Gasteiger partial charge in [0.05, 0.1) is 35.1 Å². The first kappa shape index (κ1) is 20.1. The second kappa shape index (κ2) is 8.27. The molecule has 1 aliphatic heterocycles. The van der Waals surface area contributed by atoms with E-state index in [2.05, 4.69) is 10.6 Å². The molecule has 3 aromatic rings.